The van der Waals surface area contributed by atoms with Crippen LogP contribution < -0.4 is 10.3 Å². The van der Waals surface area contributed by atoms with Gasteiger partial charge < -0.3 is 4.74 Å². The highest BCUT2D eigenvalue weighted by atomic mass is 32.1. The number of para-hydroxylation sites is 2. The lowest BCUT2D eigenvalue weighted by Gasteiger charge is -2.12. The van der Waals surface area contributed by atoms with Gasteiger partial charge in [-0.2, -0.15) is 0 Å². The quantitative estimate of drug-likeness (QED) is 0.559. The molecule has 0 aliphatic carbocycles. The molecule has 0 saturated heterocycles. The van der Waals surface area contributed by atoms with Crippen LogP contribution in [0.15, 0.2) is 77.2 Å². The summed E-state index contributed by atoms with van der Waals surface area (Å²) in [5.41, 5.74) is 1.65. The molecule has 0 amide bonds. The number of hydrogen-bond acceptors (Lipinski definition) is 4. The first-order valence-electron chi connectivity index (χ1n) is 7.55. The molecule has 2 heterocycles. The molecular weight excluding hydrogens is 320 g/mol. The van der Waals surface area contributed by atoms with Crippen molar-refractivity contribution in [3.63, 3.8) is 0 Å². The largest absolute Gasteiger partial charge is 0.457 e. The van der Waals surface area contributed by atoms with Crippen LogP contribution >= 0.6 is 11.3 Å². The van der Waals surface area contributed by atoms with E-state index in [-0.39, 0.29) is 5.56 Å². The van der Waals surface area contributed by atoms with Crippen molar-refractivity contribution >= 4 is 21.6 Å². The molecule has 0 aliphatic rings. The summed E-state index contributed by atoms with van der Waals surface area (Å²) in [5.74, 6) is 1.51. The molecule has 0 spiro atoms. The Hall–Kier alpha value is -2.92. The van der Waals surface area contributed by atoms with Crippen molar-refractivity contribution in [3.8, 4) is 11.5 Å². The maximum Gasteiger partial charge on any atom is 0.271 e. The van der Waals surface area contributed by atoms with E-state index in [1.54, 1.807) is 10.9 Å². The Bertz CT molecular complexity index is 1040. The Balaban J connectivity index is 1.69. The number of benzene rings is 2. The lowest BCUT2D eigenvalue weighted by atomic mass is 10.2. The Labute approximate surface area is 142 Å². The van der Waals surface area contributed by atoms with Crippen LogP contribution in [-0.4, -0.2) is 9.55 Å². The van der Waals surface area contributed by atoms with E-state index in [4.69, 9.17) is 4.74 Å². The first-order valence-corrected chi connectivity index (χ1v) is 8.43. The van der Waals surface area contributed by atoms with Gasteiger partial charge in [0.15, 0.2) is 0 Å². The standard InChI is InChI=1S/C19H14N2O2S/c22-19-18-16(10-11-24-18)20-13-21(19)12-14-6-4-5-9-17(14)23-15-7-2-1-3-8-15/h1-11,13H,12H2. The zero-order valence-electron chi connectivity index (χ0n) is 12.8. The third-order valence-electron chi connectivity index (χ3n) is 3.72. The van der Waals surface area contributed by atoms with E-state index >= 15 is 0 Å². The van der Waals surface area contributed by atoms with Gasteiger partial charge in [-0.05, 0) is 29.6 Å². The lowest BCUT2D eigenvalue weighted by Crippen LogP contribution is -2.20. The van der Waals surface area contributed by atoms with Crippen LogP contribution in [0.3, 0.4) is 0 Å². The Morgan fingerprint density at radius 3 is 2.67 bits per heavy atom. The van der Waals surface area contributed by atoms with Crippen LogP contribution in [0, 0.1) is 0 Å². The van der Waals surface area contributed by atoms with Crippen molar-refractivity contribution < 1.29 is 4.74 Å². The summed E-state index contributed by atoms with van der Waals surface area (Å²) in [6.45, 7) is 0.419. The number of fused-ring (bicyclic) bond motifs is 1. The Morgan fingerprint density at radius 1 is 1.00 bits per heavy atom. The summed E-state index contributed by atoms with van der Waals surface area (Å²) in [7, 11) is 0. The van der Waals surface area contributed by atoms with E-state index in [0.29, 0.717) is 11.2 Å². The zero-order valence-corrected chi connectivity index (χ0v) is 13.6. The molecule has 0 unspecified atom stereocenters. The summed E-state index contributed by atoms with van der Waals surface area (Å²) in [5, 5.41) is 1.88. The molecule has 0 saturated carbocycles. The minimum absolute atomic E-state index is 0.0236. The average Bonchev–Trinajstić information content (AvgIpc) is 3.09. The minimum Gasteiger partial charge on any atom is -0.457 e. The van der Waals surface area contributed by atoms with Crippen LogP contribution in [0.4, 0.5) is 0 Å². The van der Waals surface area contributed by atoms with E-state index in [1.807, 2.05) is 66.0 Å². The second kappa shape index (κ2) is 6.29. The van der Waals surface area contributed by atoms with Crippen molar-refractivity contribution in [3.05, 3.63) is 88.3 Å². The maximum atomic E-state index is 12.6. The molecule has 0 fully saturated rings. The zero-order chi connectivity index (χ0) is 16.4. The van der Waals surface area contributed by atoms with E-state index in [9.17, 15) is 4.79 Å². The Kier molecular flexibility index (Phi) is 3.84. The first-order chi connectivity index (χ1) is 11.8. The van der Waals surface area contributed by atoms with Crippen molar-refractivity contribution in [2.24, 2.45) is 0 Å². The second-order valence-electron chi connectivity index (χ2n) is 5.34. The van der Waals surface area contributed by atoms with Gasteiger partial charge in [0, 0.05) is 5.56 Å². The average molecular weight is 334 g/mol. The van der Waals surface area contributed by atoms with Gasteiger partial charge in [-0.25, -0.2) is 4.98 Å². The number of rotatable bonds is 4. The third kappa shape index (κ3) is 2.81. The van der Waals surface area contributed by atoms with E-state index in [0.717, 1.165) is 22.6 Å². The minimum atomic E-state index is -0.0236. The normalized spacial score (nSPS) is 10.8. The summed E-state index contributed by atoms with van der Waals surface area (Å²) >= 11 is 1.42. The van der Waals surface area contributed by atoms with Crippen LogP contribution in [0.2, 0.25) is 0 Å². The molecule has 0 bridgehead atoms. The maximum absolute atomic E-state index is 12.6. The molecule has 4 nitrogen and oxygen atoms in total. The van der Waals surface area contributed by atoms with Gasteiger partial charge in [0.25, 0.3) is 5.56 Å². The van der Waals surface area contributed by atoms with E-state index in [2.05, 4.69) is 4.98 Å². The van der Waals surface area contributed by atoms with Crippen molar-refractivity contribution in [1.82, 2.24) is 9.55 Å². The van der Waals surface area contributed by atoms with Crippen molar-refractivity contribution in [2.45, 2.75) is 6.54 Å². The third-order valence-corrected chi connectivity index (χ3v) is 4.61. The number of hydrogen-bond donors (Lipinski definition) is 0. The van der Waals surface area contributed by atoms with Gasteiger partial charge in [0.05, 0.1) is 18.4 Å². The number of aromatic nitrogens is 2. The van der Waals surface area contributed by atoms with Gasteiger partial charge >= 0.3 is 0 Å². The molecule has 2 aromatic heterocycles. The SMILES string of the molecule is O=c1c2sccc2ncn1Cc1ccccc1Oc1ccccc1. The molecule has 0 aliphatic heterocycles. The summed E-state index contributed by atoms with van der Waals surface area (Å²) in [6, 6.07) is 19.2. The first kappa shape index (κ1) is 14.7. The fourth-order valence-corrected chi connectivity index (χ4v) is 3.32. The molecule has 0 atom stereocenters. The highest BCUT2D eigenvalue weighted by Crippen LogP contribution is 2.25. The molecule has 5 heteroatoms. The predicted molar refractivity (Wildman–Crippen MR) is 95.9 cm³/mol. The Morgan fingerprint density at radius 2 is 1.79 bits per heavy atom. The molecule has 4 rings (SSSR count). The second-order valence-corrected chi connectivity index (χ2v) is 6.25. The fourth-order valence-electron chi connectivity index (χ4n) is 2.52. The van der Waals surface area contributed by atoms with Crippen LogP contribution in [0.25, 0.3) is 10.2 Å². The topological polar surface area (TPSA) is 44.1 Å². The van der Waals surface area contributed by atoms with Gasteiger partial charge in [0.2, 0.25) is 0 Å². The summed E-state index contributed by atoms with van der Waals surface area (Å²) in [4.78, 5) is 16.9. The van der Waals surface area contributed by atoms with Crippen molar-refractivity contribution in [2.75, 3.05) is 0 Å². The monoisotopic (exact) mass is 334 g/mol. The van der Waals surface area contributed by atoms with Gasteiger partial charge in [-0.3, -0.25) is 9.36 Å². The van der Waals surface area contributed by atoms with E-state index in [1.165, 1.54) is 11.3 Å². The number of ether oxygens (including phenoxy) is 1. The van der Waals surface area contributed by atoms with Crippen LogP contribution in [0.1, 0.15) is 5.56 Å². The van der Waals surface area contributed by atoms with Crippen LogP contribution in [0.5, 0.6) is 11.5 Å². The number of nitrogens with zero attached hydrogens (tertiary/aromatic N) is 2. The highest BCUT2D eigenvalue weighted by molar-refractivity contribution is 7.17. The summed E-state index contributed by atoms with van der Waals surface area (Å²) in [6.07, 6.45) is 1.59. The van der Waals surface area contributed by atoms with Gasteiger partial charge in [-0.1, -0.05) is 36.4 Å². The lowest BCUT2D eigenvalue weighted by molar-refractivity contribution is 0.473. The smallest absolute Gasteiger partial charge is 0.271 e. The molecular formula is C19H14N2O2S. The predicted octanol–water partition coefficient (Wildman–Crippen LogP) is 4.30. The molecule has 24 heavy (non-hydrogen) atoms. The van der Waals surface area contributed by atoms with Gasteiger partial charge in [0.1, 0.15) is 16.2 Å². The molecule has 4 aromatic rings. The molecule has 0 N–H and O–H groups in total. The fraction of sp³-hybridized carbons (Fsp3) is 0.0526. The van der Waals surface area contributed by atoms with Crippen molar-refractivity contribution in [1.29, 1.82) is 0 Å². The van der Waals surface area contributed by atoms with Gasteiger partial charge in [-0.15, -0.1) is 11.3 Å². The summed E-state index contributed by atoms with van der Waals surface area (Å²) < 4.78 is 8.26. The molecule has 2 aromatic carbocycles. The highest BCUT2D eigenvalue weighted by Gasteiger charge is 2.09. The number of thiophene rings is 1. The molecule has 0 radical (unpaired) electrons. The molecule has 118 valence electrons. The van der Waals surface area contributed by atoms with E-state index < -0.39 is 0 Å². The van der Waals surface area contributed by atoms with Crippen LogP contribution in [-0.2, 0) is 6.54 Å².